The van der Waals surface area contributed by atoms with Crippen LogP contribution in [0.2, 0.25) is 0 Å². The van der Waals surface area contributed by atoms with Crippen LogP contribution >= 0.6 is 0 Å². The monoisotopic (exact) mass is 249 g/mol. The molecule has 0 amide bonds. The van der Waals surface area contributed by atoms with Gasteiger partial charge in [-0.2, -0.15) is 0 Å². The minimum Gasteiger partial charge on any atom is -0.313 e. The summed E-state index contributed by atoms with van der Waals surface area (Å²) in [4.78, 5) is 0. The van der Waals surface area contributed by atoms with Crippen molar-refractivity contribution < 1.29 is 8.42 Å². The second kappa shape index (κ2) is 7.28. The summed E-state index contributed by atoms with van der Waals surface area (Å²) in [5.74, 6) is 0.446. The van der Waals surface area contributed by atoms with E-state index in [1.54, 1.807) is 6.92 Å². The first-order chi connectivity index (χ1) is 7.35. The van der Waals surface area contributed by atoms with Crippen LogP contribution in [0.3, 0.4) is 0 Å². The molecule has 0 saturated heterocycles. The maximum absolute atomic E-state index is 11.9. The van der Waals surface area contributed by atoms with Crippen LogP contribution in [0.25, 0.3) is 0 Å². The maximum Gasteiger partial charge on any atom is 0.154 e. The average molecular weight is 249 g/mol. The van der Waals surface area contributed by atoms with E-state index in [4.69, 9.17) is 0 Å². The molecule has 0 saturated carbocycles. The molecule has 0 aromatic rings. The Morgan fingerprint density at radius 1 is 1.06 bits per heavy atom. The van der Waals surface area contributed by atoms with E-state index < -0.39 is 9.84 Å². The Kier molecular flexibility index (Phi) is 7.24. The Hall–Kier alpha value is -0.0900. The van der Waals surface area contributed by atoms with Gasteiger partial charge in [-0.15, -0.1) is 0 Å². The number of sulfone groups is 1. The van der Waals surface area contributed by atoms with Gasteiger partial charge in [0.2, 0.25) is 0 Å². The van der Waals surface area contributed by atoms with Crippen LogP contribution in [0.1, 0.15) is 47.5 Å². The van der Waals surface area contributed by atoms with E-state index in [1.807, 2.05) is 13.8 Å². The average Bonchev–Trinajstić information content (AvgIpc) is 2.23. The molecule has 0 aromatic carbocycles. The zero-order valence-corrected chi connectivity index (χ0v) is 12.1. The highest BCUT2D eigenvalue weighted by Gasteiger charge is 2.23. The first kappa shape index (κ1) is 15.9. The van der Waals surface area contributed by atoms with Crippen molar-refractivity contribution in [3.63, 3.8) is 0 Å². The summed E-state index contributed by atoms with van der Waals surface area (Å²) in [5, 5.41) is 3.05. The normalized spacial score (nSPS) is 14.7. The van der Waals surface area contributed by atoms with Gasteiger partial charge in [0, 0.05) is 12.6 Å². The van der Waals surface area contributed by atoms with Gasteiger partial charge in [0.25, 0.3) is 0 Å². The molecule has 0 aliphatic rings. The molecule has 0 radical (unpaired) electrons. The van der Waals surface area contributed by atoms with E-state index in [9.17, 15) is 8.42 Å². The maximum atomic E-state index is 11.9. The molecule has 98 valence electrons. The van der Waals surface area contributed by atoms with Gasteiger partial charge < -0.3 is 5.32 Å². The van der Waals surface area contributed by atoms with Crippen LogP contribution in [-0.2, 0) is 9.84 Å². The highest BCUT2D eigenvalue weighted by molar-refractivity contribution is 7.92. The highest BCUT2D eigenvalue weighted by atomic mass is 32.2. The fourth-order valence-corrected chi connectivity index (χ4v) is 3.19. The largest absolute Gasteiger partial charge is 0.313 e. The summed E-state index contributed by atoms with van der Waals surface area (Å²) < 4.78 is 23.8. The molecule has 0 aliphatic heterocycles. The van der Waals surface area contributed by atoms with Crippen molar-refractivity contribution in [2.45, 2.75) is 58.8 Å². The molecule has 0 spiro atoms. The lowest BCUT2D eigenvalue weighted by molar-refractivity contribution is 0.493. The predicted octanol–water partition coefficient (Wildman–Crippen LogP) is 2.22. The third-order valence-electron chi connectivity index (χ3n) is 3.31. The molecular weight excluding hydrogens is 222 g/mol. The van der Waals surface area contributed by atoms with Gasteiger partial charge in [0.1, 0.15) is 0 Å². The molecule has 0 heterocycles. The summed E-state index contributed by atoms with van der Waals surface area (Å²) in [6.07, 6.45) is 2.10. The molecule has 0 fully saturated rings. The van der Waals surface area contributed by atoms with Gasteiger partial charge in [-0.3, -0.25) is 0 Å². The third kappa shape index (κ3) is 5.30. The lowest BCUT2D eigenvalue weighted by Gasteiger charge is -2.18. The van der Waals surface area contributed by atoms with Crippen LogP contribution in [-0.4, -0.2) is 32.0 Å². The highest BCUT2D eigenvalue weighted by Crippen LogP contribution is 2.12. The molecule has 1 unspecified atom stereocenters. The van der Waals surface area contributed by atoms with Crippen molar-refractivity contribution in [1.29, 1.82) is 0 Å². The summed E-state index contributed by atoms with van der Waals surface area (Å²) in [6, 6.07) is 0.449. The Bertz CT molecular complexity index is 269. The molecule has 0 aromatic heterocycles. The summed E-state index contributed by atoms with van der Waals surface area (Å²) in [5.41, 5.74) is 0. The second-order valence-corrected chi connectivity index (χ2v) is 7.26. The lowest BCUT2D eigenvalue weighted by Crippen LogP contribution is -2.35. The number of hydrogen-bond acceptors (Lipinski definition) is 3. The van der Waals surface area contributed by atoms with Crippen LogP contribution in [0, 0.1) is 5.92 Å². The molecular formula is C12H27NO2S. The van der Waals surface area contributed by atoms with Crippen LogP contribution in [0.4, 0.5) is 0 Å². The summed E-state index contributed by atoms with van der Waals surface area (Å²) >= 11 is 0. The Morgan fingerprint density at radius 3 is 1.94 bits per heavy atom. The first-order valence-corrected chi connectivity index (χ1v) is 8.01. The van der Waals surface area contributed by atoms with E-state index in [0.29, 0.717) is 12.6 Å². The molecule has 0 rings (SSSR count). The van der Waals surface area contributed by atoms with Crippen molar-refractivity contribution >= 4 is 9.84 Å². The van der Waals surface area contributed by atoms with Crippen LogP contribution in [0.15, 0.2) is 0 Å². The second-order valence-electron chi connectivity index (χ2n) is 4.78. The van der Waals surface area contributed by atoms with E-state index in [-0.39, 0.29) is 16.9 Å². The van der Waals surface area contributed by atoms with Crippen molar-refractivity contribution in [1.82, 2.24) is 5.32 Å². The molecule has 4 heteroatoms. The molecule has 3 nitrogen and oxygen atoms in total. The topological polar surface area (TPSA) is 46.2 Å². The van der Waals surface area contributed by atoms with Gasteiger partial charge in [-0.25, -0.2) is 8.42 Å². The zero-order valence-electron chi connectivity index (χ0n) is 11.3. The number of nitrogens with one attached hydrogen (secondary N) is 1. The summed E-state index contributed by atoms with van der Waals surface area (Å²) in [6.45, 7) is 10.5. The van der Waals surface area contributed by atoms with Crippen LogP contribution < -0.4 is 5.32 Å². The van der Waals surface area contributed by atoms with Gasteiger partial charge in [0.05, 0.1) is 11.0 Å². The van der Waals surface area contributed by atoms with Crippen molar-refractivity contribution in [3.05, 3.63) is 0 Å². The number of rotatable bonds is 8. The molecule has 0 bridgehead atoms. The van der Waals surface area contributed by atoms with E-state index >= 15 is 0 Å². The van der Waals surface area contributed by atoms with Crippen molar-refractivity contribution in [2.75, 3.05) is 12.3 Å². The fourth-order valence-electron chi connectivity index (χ4n) is 1.58. The van der Waals surface area contributed by atoms with Gasteiger partial charge >= 0.3 is 0 Å². The Balaban J connectivity index is 4.10. The zero-order chi connectivity index (χ0) is 12.8. The van der Waals surface area contributed by atoms with Crippen LogP contribution in [0.5, 0.6) is 0 Å². The minimum absolute atomic E-state index is 0.193. The lowest BCUT2D eigenvalue weighted by atomic mass is 10.2. The standard InChI is InChI=1S/C12H27NO2S/c1-6-12(7-2)13-8-9-16(14,15)11(5)10(3)4/h10-13H,6-9H2,1-5H3. The smallest absolute Gasteiger partial charge is 0.154 e. The summed E-state index contributed by atoms with van der Waals surface area (Å²) in [7, 11) is -2.93. The quantitative estimate of drug-likeness (QED) is 0.717. The van der Waals surface area contributed by atoms with Gasteiger partial charge in [-0.1, -0.05) is 27.7 Å². The number of hydrogen-bond donors (Lipinski definition) is 1. The fraction of sp³-hybridized carbons (Fsp3) is 1.00. The molecule has 1 atom stereocenters. The third-order valence-corrected chi connectivity index (χ3v) is 5.76. The van der Waals surface area contributed by atoms with Crippen molar-refractivity contribution in [3.8, 4) is 0 Å². The Morgan fingerprint density at radius 2 is 1.56 bits per heavy atom. The van der Waals surface area contributed by atoms with E-state index in [2.05, 4.69) is 19.2 Å². The SMILES string of the molecule is CCC(CC)NCCS(=O)(=O)C(C)C(C)C. The van der Waals surface area contributed by atoms with Gasteiger partial charge in [-0.05, 0) is 25.7 Å². The Labute approximate surface area is 101 Å². The molecule has 16 heavy (non-hydrogen) atoms. The first-order valence-electron chi connectivity index (χ1n) is 6.30. The van der Waals surface area contributed by atoms with Crippen molar-refractivity contribution in [2.24, 2.45) is 5.92 Å². The molecule has 1 N–H and O–H groups in total. The van der Waals surface area contributed by atoms with Gasteiger partial charge in [0.15, 0.2) is 9.84 Å². The van der Waals surface area contributed by atoms with E-state index in [0.717, 1.165) is 12.8 Å². The van der Waals surface area contributed by atoms with E-state index in [1.165, 1.54) is 0 Å². The predicted molar refractivity (Wildman–Crippen MR) is 70.5 cm³/mol. The molecule has 0 aliphatic carbocycles. The minimum atomic E-state index is -2.93.